The number of ether oxygens (including phenoxy) is 1. The number of carbonyl (C=O) groups is 2. The summed E-state index contributed by atoms with van der Waals surface area (Å²) in [5.41, 5.74) is 3.32. The van der Waals surface area contributed by atoms with Crippen LogP contribution < -0.4 is 0 Å². The lowest BCUT2D eigenvalue weighted by molar-refractivity contribution is -0.135. The highest BCUT2D eigenvalue weighted by atomic mass is 35.5. The third-order valence-electron chi connectivity index (χ3n) is 6.56. The van der Waals surface area contributed by atoms with Crippen molar-refractivity contribution in [2.75, 3.05) is 0 Å². The predicted octanol–water partition coefficient (Wildman–Crippen LogP) is 4.41. The standard InChI is InChI=1S/C25H24ClNO4/c1-14-2-4-15(5-3-14)13-27-22(16-6-9-18(28)10-7-16)21-23(29)19-12-17(26)8-11-20(19)31-24(21)25(27)30/h2-7,9-10,17,19-20,22,28H,8,11-13H2,1H3. The second kappa shape index (κ2) is 7.72. The van der Waals surface area contributed by atoms with Crippen LogP contribution in [0.4, 0.5) is 0 Å². The number of carbonyl (C=O) groups excluding carboxylic acids is 2. The largest absolute Gasteiger partial charge is 0.508 e. The zero-order chi connectivity index (χ0) is 21.7. The van der Waals surface area contributed by atoms with E-state index in [1.165, 1.54) is 0 Å². The van der Waals surface area contributed by atoms with E-state index in [0.29, 0.717) is 25.0 Å². The van der Waals surface area contributed by atoms with Gasteiger partial charge in [0.25, 0.3) is 5.91 Å². The molecule has 1 aliphatic carbocycles. The van der Waals surface area contributed by atoms with E-state index < -0.39 is 6.04 Å². The number of phenolic OH excluding ortho intramolecular Hbond substituents is 1. The van der Waals surface area contributed by atoms with Gasteiger partial charge in [-0.3, -0.25) is 9.59 Å². The maximum Gasteiger partial charge on any atom is 0.290 e. The summed E-state index contributed by atoms with van der Waals surface area (Å²) in [6.07, 6.45) is 1.73. The first-order valence-corrected chi connectivity index (χ1v) is 11.1. The maximum atomic E-state index is 13.6. The summed E-state index contributed by atoms with van der Waals surface area (Å²) in [5.74, 6) is -0.287. The fourth-order valence-corrected chi connectivity index (χ4v) is 5.24. The summed E-state index contributed by atoms with van der Waals surface area (Å²) in [5, 5.41) is 9.70. The van der Waals surface area contributed by atoms with Crippen LogP contribution in [0.15, 0.2) is 59.9 Å². The third-order valence-corrected chi connectivity index (χ3v) is 6.96. The molecule has 2 heterocycles. The van der Waals surface area contributed by atoms with Crippen LogP contribution in [-0.4, -0.2) is 33.2 Å². The molecule has 2 aromatic carbocycles. The van der Waals surface area contributed by atoms with Crippen LogP contribution in [0.3, 0.4) is 0 Å². The Labute approximate surface area is 186 Å². The highest BCUT2D eigenvalue weighted by molar-refractivity contribution is 6.21. The number of alkyl halides is 1. The molecule has 31 heavy (non-hydrogen) atoms. The van der Waals surface area contributed by atoms with Gasteiger partial charge in [-0.25, -0.2) is 0 Å². The van der Waals surface area contributed by atoms with Gasteiger partial charge in [0.1, 0.15) is 11.9 Å². The topological polar surface area (TPSA) is 66.8 Å². The van der Waals surface area contributed by atoms with Crippen molar-refractivity contribution in [3.63, 3.8) is 0 Å². The first-order chi connectivity index (χ1) is 14.9. The molecule has 0 bridgehead atoms. The van der Waals surface area contributed by atoms with E-state index in [1.807, 2.05) is 31.2 Å². The Morgan fingerprint density at radius 3 is 2.48 bits per heavy atom. The fourth-order valence-electron chi connectivity index (χ4n) is 4.92. The summed E-state index contributed by atoms with van der Waals surface area (Å²) in [4.78, 5) is 28.8. The van der Waals surface area contributed by atoms with Crippen LogP contribution in [-0.2, 0) is 20.9 Å². The highest BCUT2D eigenvalue weighted by Gasteiger charge is 2.52. The van der Waals surface area contributed by atoms with Gasteiger partial charge in [-0.15, -0.1) is 11.6 Å². The molecule has 0 aromatic heterocycles. The lowest BCUT2D eigenvalue weighted by atomic mass is 9.77. The van der Waals surface area contributed by atoms with E-state index in [9.17, 15) is 14.7 Å². The molecular formula is C25H24ClNO4. The molecule has 4 unspecified atom stereocenters. The molecule has 5 rings (SSSR count). The van der Waals surface area contributed by atoms with E-state index in [1.54, 1.807) is 29.2 Å². The molecular weight excluding hydrogens is 414 g/mol. The summed E-state index contributed by atoms with van der Waals surface area (Å²) in [6.45, 7) is 2.38. The van der Waals surface area contributed by atoms with E-state index in [-0.39, 0.29) is 40.6 Å². The Balaban J connectivity index is 1.56. The van der Waals surface area contributed by atoms with Gasteiger partial charge >= 0.3 is 0 Å². The lowest BCUT2D eigenvalue weighted by Gasteiger charge is -2.37. The molecule has 1 amide bonds. The van der Waals surface area contributed by atoms with Crippen LogP contribution >= 0.6 is 11.6 Å². The van der Waals surface area contributed by atoms with Gasteiger partial charge in [-0.1, -0.05) is 42.0 Å². The minimum atomic E-state index is -0.548. The Bertz CT molecular complexity index is 1060. The van der Waals surface area contributed by atoms with Gasteiger partial charge < -0.3 is 14.7 Å². The molecule has 0 radical (unpaired) electrons. The molecule has 3 aliphatic rings. The van der Waals surface area contributed by atoms with Crippen LogP contribution in [0.2, 0.25) is 0 Å². The van der Waals surface area contributed by atoms with Crippen molar-refractivity contribution < 1.29 is 19.4 Å². The molecule has 1 saturated carbocycles. The van der Waals surface area contributed by atoms with Crippen LogP contribution in [0.5, 0.6) is 5.75 Å². The summed E-state index contributed by atoms with van der Waals surface area (Å²) >= 11 is 6.36. The minimum Gasteiger partial charge on any atom is -0.508 e. The Morgan fingerprint density at radius 1 is 1.06 bits per heavy atom. The van der Waals surface area contributed by atoms with E-state index in [4.69, 9.17) is 16.3 Å². The highest BCUT2D eigenvalue weighted by Crippen LogP contribution is 2.47. The molecule has 1 N–H and O–H groups in total. The Hall–Kier alpha value is -2.79. The van der Waals surface area contributed by atoms with Gasteiger partial charge in [-0.05, 0) is 49.4 Å². The quantitative estimate of drug-likeness (QED) is 0.722. The number of benzene rings is 2. The number of fused-ring (bicyclic) bond motifs is 1. The van der Waals surface area contributed by atoms with Crippen molar-refractivity contribution in [1.29, 1.82) is 0 Å². The molecule has 6 heteroatoms. The molecule has 1 fully saturated rings. The first kappa shape index (κ1) is 20.1. The molecule has 160 valence electrons. The molecule has 0 spiro atoms. The maximum absolute atomic E-state index is 13.6. The number of rotatable bonds is 3. The number of Topliss-reactive ketones (excluding diaryl/α,β-unsaturated/α-hetero) is 1. The normalized spacial score (nSPS) is 27.7. The number of halogens is 1. The number of ketones is 1. The second-order valence-corrected chi connectivity index (χ2v) is 9.31. The molecule has 2 aromatic rings. The number of hydrogen-bond acceptors (Lipinski definition) is 4. The molecule has 4 atom stereocenters. The summed E-state index contributed by atoms with van der Waals surface area (Å²) in [7, 11) is 0. The van der Waals surface area contributed by atoms with Crippen molar-refractivity contribution in [2.24, 2.45) is 5.92 Å². The zero-order valence-electron chi connectivity index (χ0n) is 17.3. The molecule has 0 saturated heterocycles. The third kappa shape index (κ3) is 3.51. The fraction of sp³-hybridized carbons (Fsp3) is 0.360. The van der Waals surface area contributed by atoms with Gasteiger partial charge in [0.15, 0.2) is 11.5 Å². The predicted molar refractivity (Wildman–Crippen MR) is 116 cm³/mol. The number of aromatic hydroxyl groups is 1. The van der Waals surface area contributed by atoms with Crippen molar-refractivity contribution in [1.82, 2.24) is 4.90 Å². The van der Waals surface area contributed by atoms with Crippen LogP contribution in [0.25, 0.3) is 0 Å². The van der Waals surface area contributed by atoms with Crippen molar-refractivity contribution in [3.8, 4) is 5.75 Å². The number of hydrogen-bond donors (Lipinski definition) is 1. The molecule has 2 aliphatic heterocycles. The summed E-state index contributed by atoms with van der Waals surface area (Å²) < 4.78 is 6.17. The number of amides is 1. The average molecular weight is 438 g/mol. The van der Waals surface area contributed by atoms with Crippen molar-refractivity contribution >= 4 is 23.3 Å². The minimum absolute atomic E-state index is 0.0329. The van der Waals surface area contributed by atoms with E-state index in [0.717, 1.165) is 23.1 Å². The first-order valence-electron chi connectivity index (χ1n) is 10.7. The van der Waals surface area contributed by atoms with Crippen LogP contribution in [0.1, 0.15) is 42.0 Å². The number of nitrogens with zero attached hydrogens (tertiary/aromatic N) is 1. The smallest absolute Gasteiger partial charge is 0.290 e. The van der Waals surface area contributed by atoms with Gasteiger partial charge in [0.2, 0.25) is 0 Å². The molecule has 5 nitrogen and oxygen atoms in total. The van der Waals surface area contributed by atoms with E-state index >= 15 is 0 Å². The average Bonchev–Trinajstić information content (AvgIpc) is 3.03. The van der Waals surface area contributed by atoms with Gasteiger partial charge in [0.05, 0.1) is 17.5 Å². The van der Waals surface area contributed by atoms with Gasteiger partial charge in [-0.2, -0.15) is 0 Å². The monoisotopic (exact) mass is 437 g/mol. The van der Waals surface area contributed by atoms with Crippen LogP contribution in [0, 0.1) is 12.8 Å². The Kier molecular flexibility index (Phi) is 5.01. The number of aryl methyl sites for hydroxylation is 1. The van der Waals surface area contributed by atoms with Crippen molar-refractivity contribution in [3.05, 3.63) is 76.6 Å². The summed E-state index contributed by atoms with van der Waals surface area (Å²) in [6, 6.07) is 14.1. The Morgan fingerprint density at radius 2 is 1.77 bits per heavy atom. The second-order valence-electron chi connectivity index (χ2n) is 8.69. The lowest BCUT2D eigenvalue weighted by Crippen LogP contribution is -2.41. The SMILES string of the molecule is Cc1ccc(CN2C(=O)C3=C(C(=O)C4CC(Cl)CCC4O3)C2c2ccc(O)cc2)cc1. The van der Waals surface area contributed by atoms with Crippen molar-refractivity contribution in [2.45, 2.75) is 50.3 Å². The van der Waals surface area contributed by atoms with Gasteiger partial charge in [0, 0.05) is 11.9 Å². The zero-order valence-corrected chi connectivity index (χ0v) is 18.0. The van der Waals surface area contributed by atoms with E-state index in [2.05, 4.69) is 0 Å². The number of phenols is 1.